The summed E-state index contributed by atoms with van der Waals surface area (Å²) in [6.45, 7) is 1.86. The second-order valence-electron chi connectivity index (χ2n) is 4.39. The smallest absolute Gasteiger partial charge is 0.200 e. The first-order chi connectivity index (χ1) is 9.60. The summed E-state index contributed by atoms with van der Waals surface area (Å²) in [5.41, 5.74) is 2.15. The van der Waals surface area contributed by atoms with Crippen molar-refractivity contribution in [1.29, 1.82) is 0 Å². The number of ether oxygens (including phenoxy) is 1. The van der Waals surface area contributed by atoms with Gasteiger partial charge in [0.2, 0.25) is 0 Å². The zero-order valence-corrected chi connectivity index (χ0v) is 11.7. The Bertz CT molecular complexity index is 633. The van der Waals surface area contributed by atoms with E-state index in [2.05, 4.69) is 0 Å². The lowest BCUT2D eigenvalue weighted by Gasteiger charge is -2.08. The highest BCUT2D eigenvalue weighted by atomic mass is 35.5. The second kappa shape index (κ2) is 6.35. The number of hydrogen-bond donors (Lipinski definition) is 0. The van der Waals surface area contributed by atoms with Gasteiger partial charge in [0.1, 0.15) is 12.0 Å². The first kappa shape index (κ1) is 14.3. The predicted octanol–water partition coefficient (Wildman–Crippen LogP) is 3.72. The fourth-order valence-electron chi connectivity index (χ4n) is 1.67. The van der Waals surface area contributed by atoms with E-state index in [1.165, 1.54) is 6.07 Å². The maximum absolute atomic E-state index is 11.9. The highest BCUT2D eigenvalue weighted by Gasteiger charge is 2.09. The summed E-state index contributed by atoms with van der Waals surface area (Å²) < 4.78 is 5.39. The SMILES string of the molecule is Cc1ccc(C(=O)COc2ccc(C=O)cc2Cl)cc1. The van der Waals surface area contributed by atoms with Gasteiger partial charge in [-0.15, -0.1) is 0 Å². The van der Waals surface area contributed by atoms with Crippen molar-refractivity contribution in [3.8, 4) is 5.75 Å². The number of hydrogen-bond acceptors (Lipinski definition) is 3. The van der Waals surface area contributed by atoms with Crippen LogP contribution in [0.25, 0.3) is 0 Å². The van der Waals surface area contributed by atoms with Crippen molar-refractivity contribution in [3.05, 3.63) is 64.2 Å². The Morgan fingerprint density at radius 1 is 1.20 bits per heavy atom. The minimum atomic E-state index is -0.125. The van der Waals surface area contributed by atoms with Crippen LogP contribution in [0, 0.1) is 6.92 Å². The number of benzene rings is 2. The molecule has 0 aromatic heterocycles. The first-order valence-corrected chi connectivity index (χ1v) is 6.45. The maximum Gasteiger partial charge on any atom is 0.200 e. The normalized spacial score (nSPS) is 10.1. The van der Waals surface area contributed by atoms with E-state index in [0.717, 1.165) is 5.56 Å². The molecule has 2 aromatic rings. The molecule has 0 spiro atoms. The standard InChI is InChI=1S/C16H13ClO3/c1-11-2-5-13(6-3-11)15(19)10-20-16-7-4-12(9-18)8-14(16)17/h2-9H,10H2,1H3. The third-order valence-corrected chi connectivity index (χ3v) is 3.12. The molecule has 0 fully saturated rings. The summed E-state index contributed by atoms with van der Waals surface area (Å²) in [7, 11) is 0. The van der Waals surface area contributed by atoms with Crippen LogP contribution < -0.4 is 4.74 Å². The Morgan fingerprint density at radius 2 is 1.90 bits per heavy atom. The fraction of sp³-hybridized carbons (Fsp3) is 0.125. The molecule has 2 rings (SSSR count). The third-order valence-electron chi connectivity index (χ3n) is 2.82. The van der Waals surface area contributed by atoms with Crippen molar-refractivity contribution in [1.82, 2.24) is 0 Å². The molecule has 0 radical (unpaired) electrons. The molecule has 0 aliphatic heterocycles. The van der Waals surface area contributed by atoms with E-state index in [0.29, 0.717) is 28.2 Å². The van der Waals surface area contributed by atoms with Gasteiger partial charge in [-0.25, -0.2) is 0 Å². The van der Waals surface area contributed by atoms with Gasteiger partial charge in [-0.2, -0.15) is 0 Å². The van der Waals surface area contributed by atoms with Gasteiger partial charge in [0, 0.05) is 11.1 Å². The van der Waals surface area contributed by atoms with Gasteiger partial charge < -0.3 is 4.74 Å². The topological polar surface area (TPSA) is 43.4 Å². The van der Waals surface area contributed by atoms with Gasteiger partial charge >= 0.3 is 0 Å². The van der Waals surface area contributed by atoms with Crippen LogP contribution in [0.3, 0.4) is 0 Å². The summed E-state index contributed by atoms with van der Waals surface area (Å²) in [4.78, 5) is 22.5. The van der Waals surface area contributed by atoms with E-state index >= 15 is 0 Å². The summed E-state index contributed by atoms with van der Waals surface area (Å²) in [6.07, 6.45) is 0.702. The lowest BCUT2D eigenvalue weighted by molar-refractivity contribution is 0.0921. The van der Waals surface area contributed by atoms with Crippen LogP contribution in [0.2, 0.25) is 5.02 Å². The quantitative estimate of drug-likeness (QED) is 0.622. The third kappa shape index (κ3) is 3.45. The van der Waals surface area contributed by atoms with Crippen molar-refractivity contribution in [2.24, 2.45) is 0 Å². The van der Waals surface area contributed by atoms with Gasteiger partial charge in [0.25, 0.3) is 0 Å². The number of rotatable bonds is 5. The number of Topliss-reactive ketones (excluding diaryl/α,β-unsaturated/α-hetero) is 1. The zero-order valence-electron chi connectivity index (χ0n) is 10.9. The molecule has 0 saturated carbocycles. The second-order valence-corrected chi connectivity index (χ2v) is 4.79. The molecule has 3 nitrogen and oxygen atoms in total. The predicted molar refractivity (Wildman–Crippen MR) is 77.8 cm³/mol. The van der Waals surface area contributed by atoms with Crippen LogP contribution in [0.4, 0.5) is 0 Å². The number of ketones is 1. The van der Waals surface area contributed by atoms with Crippen LogP contribution in [0.1, 0.15) is 26.3 Å². The van der Waals surface area contributed by atoms with Gasteiger partial charge in [0.15, 0.2) is 12.4 Å². The van der Waals surface area contributed by atoms with E-state index < -0.39 is 0 Å². The molecule has 2 aromatic carbocycles. The number of carbonyl (C=O) groups excluding carboxylic acids is 2. The lowest BCUT2D eigenvalue weighted by Crippen LogP contribution is -2.11. The molecule has 0 aliphatic carbocycles. The Labute approximate surface area is 122 Å². The molecule has 0 saturated heterocycles. The molecule has 102 valence electrons. The summed E-state index contributed by atoms with van der Waals surface area (Å²) in [5.74, 6) is 0.262. The number of aldehydes is 1. The Hall–Kier alpha value is -2.13. The average molecular weight is 289 g/mol. The van der Waals surface area contributed by atoms with E-state index in [4.69, 9.17) is 16.3 Å². The molecule has 0 bridgehead atoms. The summed E-state index contributed by atoms with van der Waals surface area (Å²) in [5, 5.41) is 0.311. The Kier molecular flexibility index (Phi) is 4.53. The molecule has 0 aliphatic rings. The molecule has 0 unspecified atom stereocenters. The molecular formula is C16H13ClO3. The van der Waals surface area contributed by atoms with Crippen LogP contribution in [0.5, 0.6) is 5.75 Å². The lowest BCUT2D eigenvalue weighted by atomic mass is 10.1. The largest absolute Gasteiger partial charge is 0.484 e. The number of aryl methyl sites for hydroxylation is 1. The van der Waals surface area contributed by atoms with Crippen LogP contribution in [-0.4, -0.2) is 18.7 Å². The van der Waals surface area contributed by atoms with Crippen LogP contribution in [-0.2, 0) is 0 Å². The van der Waals surface area contributed by atoms with Gasteiger partial charge in [-0.3, -0.25) is 9.59 Å². The van der Waals surface area contributed by atoms with E-state index in [1.807, 2.05) is 19.1 Å². The highest BCUT2D eigenvalue weighted by Crippen LogP contribution is 2.25. The van der Waals surface area contributed by atoms with Crippen LogP contribution >= 0.6 is 11.6 Å². The Morgan fingerprint density at radius 3 is 2.50 bits per heavy atom. The number of carbonyl (C=O) groups is 2. The minimum absolute atomic E-state index is 0.0940. The first-order valence-electron chi connectivity index (χ1n) is 6.07. The fourth-order valence-corrected chi connectivity index (χ4v) is 1.92. The molecule has 0 amide bonds. The van der Waals surface area contributed by atoms with Gasteiger partial charge in [-0.1, -0.05) is 41.4 Å². The van der Waals surface area contributed by atoms with Crippen molar-refractivity contribution >= 4 is 23.7 Å². The summed E-state index contributed by atoms with van der Waals surface area (Å²) in [6, 6.07) is 11.9. The molecule has 0 N–H and O–H groups in total. The van der Waals surface area contributed by atoms with E-state index in [-0.39, 0.29) is 12.4 Å². The van der Waals surface area contributed by atoms with Gasteiger partial charge in [0.05, 0.1) is 5.02 Å². The molecule has 20 heavy (non-hydrogen) atoms. The summed E-state index contributed by atoms with van der Waals surface area (Å²) >= 11 is 5.96. The molecule has 4 heteroatoms. The molecular weight excluding hydrogens is 276 g/mol. The van der Waals surface area contributed by atoms with Crippen molar-refractivity contribution in [2.75, 3.05) is 6.61 Å². The van der Waals surface area contributed by atoms with E-state index in [9.17, 15) is 9.59 Å². The van der Waals surface area contributed by atoms with Crippen molar-refractivity contribution in [2.45, 2.75) is 6.92 Å². The van der Waals surface area contributed by atoms with E-state index in [1.54, 1.807) is 24.3 Å². The molecule has 0 atom stereocenters. The van der Waals surface area contributed by atoms with Crippen molar-refractivity contribution < 1.29 is 14.3 Å². The zero-order chi connectivity index (χ0) is 14.5. The maximum atomic E-state index is 11.9. The minimum Gasteiger partial charge on any atom is -0.484 e. The Balaban J connectivity index is 2.03. The van der Waals surface area contributed by atoms with Crippen LogP contribution in [0.15, 0.2) is 42.5 Å². The number of halogens is 1. The van der Waals surface area contributed by atoms with Crippen molar-refractivity contribution in [3.63, 3.8) is 0 Å². The molecule has 0 heterocycles. The average Bonchev–Trinajstić information content (AvgIpc) is 2.46. The monoisotopic (exact) mass is 288 g/mol. The highest BCUT2D eigenvalue weighted by molar-refractivity contribution is 6.32. The van der Waals surface area contributed by atoms with Gasteiger partial charge in [-0.05, 0) is 25.1 Å².